The topological polar surface area (TPSA) is 79.7 Å². The number of anilines is 1. The van der Waals surface area contributed by atoms with E-state index in [1.54, 1.807) is 0 Å². The van der Waals surface area contributed by atoms with Crippen LogP contribution in [0.5, 0.6) is 0 Å². The molecule has 5 nitrogen and oxygen atoms in total. The second-order valence-electron chi connectivity index (χ2n) is 6.25. The van der Waals surface area contributed by atoms with E-state index in [4.69, 9.17) is 11.5 Å². The Kier molecular flexibility index (Phi) is 5.85. The largest absolute Gasteiger partial charge is 0.418 e. The molecule has 0 spiro atoms. The zero-order chi connectivity index (χ0) is 19.5. The third kappa shape index (κ3) is 4.12. The molecule has 1 atom stereocenters. The van der Waals surface area contributed by atoms with Gasteiger partial charge in [-0.1, -0.05) is 19.4 Å². The summed E-state index contributed by atoms with van der Waals surface area (Å²) in [5.41, 5.74) is 11.7. The number of likely N-dealkylation sites (N-methyl/N-ethyl adjacent to an activating group) is 1. The van der Waals surface area contributed by atoms with Crippen LogP contribution in [0.25, 0.3) is 0 Å². The van der Waals surface area contributed by atoms with E-state index < -0.39 is 17.5 Å². The summed E-state index contributed by atoms with van der Waals surface area (Å²) >= 11 is 0. The third-order valence-corrected chi connectivity index (χ3v) is 4.35. The van der Waals surface area contributed by atoms with Gasteiger partial charge in [0.2, 0.25) is 5.79 Å². The van der Waals surface area contributed by atoms with Crippen molar-refractivity contribution in [2.24, 2.45) is 10.7 Å². The maximum absolute atomic E-state index is 13.2. The summed E-state index contributed by atoms with van der Waals surface area (Å²) in [6.07, 6.45) is -1.06. The number of hydrogen-bond acceptors (Lipinski definition) is 5. The Morgan fingerprint density at radius 3 is 2.38 bits per heavy atom. The van der Waals surface area contributed by atoms with E-state index in [-0.39, 0.29) is 11.3 Å². The molecular weight excluding hydrogens is 343 g/mol. The van der Waals surface area contributed by atoms with Gasteiger partial charge in [-0.15, -0.1) is 0 Å². The van der Waals surface area contributed by atoms with Crippen LogP contribution >= 0.6 is 0 Å². The van der Waals surface area contributed by atoms with Crippen molar-refractivity contribution in [1.82, 2.24) is 10.2 Å². The molecule has 0 fully saturated rings. The number of nitrogens with two attached hydrogens (primary N) is 2. The molecule has 0 aliphatic carbocycles. The SMILES string of the molecule is CCCC1=CC(N(CC)CC)=NC(N)(c2ccc(N)c(C(F)(F)F)c2)N1. The van der Waals surface area contributed by atoms with Gasteiger partial charge in [-0.05, 0) is 38.5 Å². The van der Waals surface area contributed by atoms with Crippen molar-refractivity contribution in [3.05, 3.63) is 41.1 Å². The summed E-state index contributed by atoms with van der Waals surface area (Å²) in [4.78, 5) is 6.55. The second kappa shape index (κ2) is 7.57. The smallest absolute Gasteiger partial charge is 0.398 e. The monoisotopic (exact) mass is 369 g/mol. The molecule has 0 amide bonds. The van der Waals surface area contributed by atoms with Gasteiger partial charge in [-0.3, -0.25) is 5.73 Å². The lowest BCUT2D eigenvalue weighted by molar-refractivity contribution is -0.137. The normalized spacial score (nSPS) is 20.3. The average molecular weight is 369 g/mol. The summed E-state index contributed by atoms with van der Waals surface area (Å²) < 4.78 is 39.7. The van der Waals surface area contributed by atoms with Crippen molar-refractivity contribution in [3.63, 3.8) is 0 Å². The number of benzene rings is 1. The van der Waals surface area contributed by atoms with Gasteiger partial charge in [0.25, 0.3) is 0 Å². The molecule has 2 rings (SSSR count). The van der Waals surface area contributed by atoms with Crippen molar-refractivity contribution in [2.45, 2.75) is 45.6 Å². The fourth-order valence-electron chi connectivity index (χ4n) is 2.97. The minimum Gasteiger partial charge on any atom is -0.398 e. The van der Waals surface area contributed by atoms with E-state index in [2.05, 4.69) is 10.3 Å². The molecule has 1 heterocycles. The molecule has 0 bridgehead atoms. The zero-order valence-electron chi connectivity index (χ0n) is 15.3. The first kappa shape index (κ1) is 20.1. The number of aliphatic imine (C=N–C) groups is 1. The summed E-state index contributed by atoms with van der Waals surface area (Å²) in [6.45, 7) is 7.44. The molecule has 1 unspecified atom stereocenters. The number of nitrogens with one attached hydrogen (secondary N) is 1. The minimum atomic E-state index is -4.56. The first-order chi connectivity index (χ1) is 12.1. The summed E-state index contributed by atoms with van der Waals surface area (Å²) in [6, 6.07) is 3.68. The van der Waals surface area contributed by atoms with Gasteiger partial charge in [-0.2, -0.15) is 13.2 Å². The zero-order valence-corrected chi connectivity index (χ0v) is 15.3. The van der Waals surface area contributed by atoms with Gasteiger partial charge in [0.15, 0.2) is 0 Å². The molecule has 1 aromatic rings. The average Bonchev–Trinajstić information content (AvgIpc) is 2.55. The number of halogens is 3. The lowest BCUT2D eigenvalue weighted by Gasteiger charge is -2.36. The first-order valence-corrected chi connectivity index (χ1v) is 8.74. The van der Waals surface area contributed by atoms with Crippen LogP contribution in [0.2, 0.25) is 0 Å². The molecular formula is C18H26F3N5. The quantitative estimate of drug-likeness (QED) is 0.695. The van der Waals surface area contributed by atoms with Crippen molar-refractivity contribution in [2.75, 3.05) is 18.8 Å². The molecule has 0 saturated carbocycles. The van der Waals surface area contributed by atoms with E-state index in [9.17, 15) is 13.2 Å². The number of nitrogen functional groups attached to an aromatic ring is 1. The van der Waals surface area contributed by atoms with E-state index in [1.165, 1.54) is 12.1 Å². The number of amidine groups is 1. The predicted molar refractivity (Wildman–Crippen MR) is 98.2 cm³/mol. The van der Waals surface area contributed by atoms with Crippen LogP contribution in [0.3, 0.4) is 0 Å². The predicted octanol–water partition coefficient (Wildman–Crippen LogP) is 3.38. The Bertz CT molecular complexity index is 707. The van der Waals surface area contributed by atoms with Gasteiger partial charge in [0, 0.05) is 30.0 Å². The highest BCUT2D eigenvalue weighted by Crippen LogP contribution is 2.36. The highest BCUT2D eigenvalue weighted by Gasteiger charge is 2.37. The molecule has 0 aromatic heterocycles. The van der Waals surface area contributed by atoms with Crippen molar-refractivity contribution in [3.8, 4) is 0 Å². The van der Waals surface area contributed by atoms with E-state index in [0.29, 0.717) is 5.84 Å². The van der Waals surface area contributed by atoms with Gasteiger partial charge < -0.3 is 16.0 Å². The Balaban J connectivity index is 2.54. The molecule has 0 saturated heterocycles. The number of allylic oxidation sites excluding steroid dienone is 1. The maximum atomic E-state index is 13.2. The van der Waals surface area contributed by atoms with Crippen LogP contribution in [-0.4, -0.2) is 23.8 Å². The fraction of sp³-hybridized carbons (Fsp3) is 0.500. The number of nitrogens with zero attached hydrogens (tertiary/aromatic N) is 2. The van der Waals surface area contributed by atoms with Crippen LogP contribution in [0.4, 0.5) is 18.9 Å². The van der Waals surface area contributed by atoms with Crippen molar-refractivity contribution >= 4 is 11.5 Å². The van der Waals surface area contributed by atoms with Crippen molar-refractivity contribution < 1.29 is 13.2 Å². The summed E-state index contributed by atoms with van der Waals surface area (Å²) in [7, 11) is 0. The van der Waals surface area contributed by atoms with Gasteiger partial charge in [0.05, 0.1) is 5.56 Å². The van der Waals surface area contributed by atoms with Gasteiger partial charge in [0.1, 0.15) is 5.84 Å². The lowest BCUT2D eigenvalue weighted by atomic mass is 10.0. The summed E-state index contributed by atoms with van der Waals surface area (Å²) in [5.74, 6) is -0.824. The van der Waals surface area contributed by atoms with Crippen LogP contribution in [0.1, 0.15) is 44.7 Å². The lowest BCUT2D eigenvalue weighted by Crippen LogP contribution is -2.52. The Hall–Kier alpha value is -2.22. The molecule has 1 aliphatic rings. The molecule has 8 heteroatoms. The number of alkyl halides is 3. The molecule has 26 heavy (non-hydrogen) atoms. The number of rotatable bonds is 5. The Morgan fingerprint density at radius 2 is 1.85 bits per heavy atom. The molecule has 5 N–H and O–H groups in total. The molecule has 144 valence electrons. The third-order valence-electron chi connectivity index (χ3n) is 4.35. The van der Waals surface area contributed by atoms with Crippen LogP contribution < -0.4 is 16.8 Å². The van der Waals surface area contributed by atoms with Gasteiger partial charge >= 0.3 is 6.18 Å². The van der Waals surface area contributed by atoms with Crippen LogP contribution in [0.15, 0.2) is 35.0 Å². The minimum absolute atomic E-state index is 0.213. The van der Waals surface area contributed by atoms with Crippen LogP contribution in [0, 0.1) is 0 Å². The van der Waals surface area contributed by atoms with Gasteiger partial charge in [-0.25, -0.2) is 4.99 Å². The highest BCUT2D eigenvalue weighted by atomic mass is 19.4. The molecule has 0 radical (unpaired) electrons. The van der Waals surface area contributed by atoms with E-state index in [0.717, 1.165) is 37.7 Å². The van der Waals surface area contributed by atoms with Crippen LogP contribution in [-0.2, 0) is 12.0 Å². The first-order valence-electron chi connectivity index (χ1n) is 8.74. The summed E-state index contributed by atoms with van der Waals surface area (Å²) in [5, 5.41) is 3.09. The maximum Gasteiger partial charge on any atom is 0.418 e. The van der Waals surface area contributed by atoms with Crippen molar-refractivity contribution in [1.29, 1.82) is 0 Å². The Labute approximate surface area is 151 Å². The second-order valence-corrected chi connectivity index (χ2v) is 6.25. The fourth-order valence-corrected chi connectivity index (χ4v) is 2.97. The standard InChI is InChI=1S/C18H26F3N5/c1-4-7-13-11-16(26(5-2)6-3)25-18(23,24-13)12-8-9-15(22)14(10-12)17(19,20)21/h8-11,24H,4-7,22-23H2,1-3H3. The molecule has 1 aromatic carbocycles. The van der Waals surface area contributed by atoms with E-state index >= 15 is 0 Å². The highest BCUT2D eigenvalue weighted by molar-refractivity contribution is 5.94. The van der Waals surface area contributed by atoms with E-state index in [1.807, 2.05) is 31.7 Å². The molecule has 1 aliphatic heterocycles. The Morgan fingerprint density at radius 1 is 1.19 bits per heavy atom. The number of hydrogen-bond donors (Lipinski definition) is 3.